The number of hydrogen-bond acceptors (Lipinski definition) is 4. The molecule has 0 aromatic rings. The average Bonchev–Trinajstić information content (AvgIpc) is 2.34. The van der Waals surface area contributed by atoms with Gasteiger partial charge in [-0.2, -0.15) is 0 Å². The van der Waals surface area contributed by atoms with Crippen LogP contribution < -0.4 is 0 Å². The second-order valence-corrected chi connectivity index (χ2v) is 2.54. The predicted octanol–water partition coefficient (Wildman–Crippen LogP) is -0.857. The highest BCUT2D eigenvalue weighted by Crippen LogP contribution is 2.16. The molecule has 1 saturated heterocycles. The zero-order chi connectivity index (χ0) is 8.27. The van der Waals surface area contributed by atoms with E-state index in [4.69, 9.17) is 14.6 Å². The maximum absolute atomic E-state index is 9.26. The molecule has 1 fully saturated rings. The minimum absolute atomic E-state index is 0.0955. The van der Waals surface area contributed by atoms with Crippen LogP contribution in [0.3, 0.4) is 0 Å². The van der Waals surface area contributed by atoms with Crippen LogP contribution >= 0.6 is 0 Å². The van der Waals surface area contributed by atoms with Gasteiger partial charge in [0, 0.05) is 6.61 Å². The van der Waals surface area contributed by atoms with Crippen LogP contribution in [0.5, 0.6) is 0 Å². The van der Waals surface area contributed by atoms with E-state index >= 15 is 0 Å². The van der Waals surface area contributed by atoms with Crippen LogP contribution in [0.25, 0.3) is 0 Å². The largest absolute Gasteiger partial charge is 0.394 e. The second kappa shape index (κ2) is 4.01. The molecular weight excluding hydrogens is 148 g/mol. The summed E-state index contributed by atoms with van der Waals surface area (Å²) in [5, 5.41) is 18.0. The first-order valence-corrected chi connectivity index (χ1v) is 3.81. The first-order valence-electron chi connectivity index (χ1n) is 3.81. The van der Waals surface area contributed by atoms with Gasteiger partial charge in [-0.1, -0.05) is 0 Å². The summed E-state index contributed by atoms with van der Waals surface area (Å²) >= 11 is 0. The quantitative estimate of drug-likeness (QED) is 0.567. The van der Waals surface area contributed by atoms with Gasteiger partial charge in [-0.25, -0.2) is 0 Å². The van der Waals surface area contributed by atoms with Crippen molar-refractivity contribution >= 4 is 0 Å². The highest BCUT2D eigenvalue weighted by Gasteiger charge is 2.36. The van der Waals surface area contributed by atoms with Gasteiger partial charge < -0.3 is 19.7 Å². The van der Waals surface area contributed by atoms with Crippen LogP contribution in [0.1, 0.15) is 6.92 Å². The van der Waals surface area contributed by atoms with Crippen LogP contribution in [0.4, 0.5) is 0 Å². The first-order chi connectivity index (χ1) is 5.29. The SMILES string of the molecule is CCOC1C(O)COC1CO. The van der Waals surface area contributed by atoms with Gasteiger partial charge >= 0.3 is 0 Å². The first kappa shape index (κ1) is 8.93. The van der Waals surface area contributed by atoms with Crippen LogP contribution in [0.15, 0.2) is 0 Å². The predicted molar refractivity (Wildman–Crippen MR) is 38.2 cm³/mol. The highest BCUT2D eigenvalue weighted by atomic mass is 16.6. The topological polar surface area (TPSA) is 58.9 Å². The van der Waals surface area contributed by atoms with E-state index in [1.807, 2.05) is 6.92 Å². The number of hydrogen-bond donors (Lipinski definition) is 2. The lowest BCUT2D eigenvalue weighted by atomic mass is 10.1. The molecule has 1 heterocycles. The van der Waals surface area contributed by atoms with E-state index in [1.54, 1.807) is 0 Å². The van der Waals surface area contributed by atoms with Crippen molar-refractivity contribution in [2.45, 2.75) is 25.2 Å². The normalized spacial score (nSPS) is 37.9. The molecule has 0 radical (unpaired) electrons. The Labute approximate surface area is 65.7 Å². The lowest BCUT2D eigenvalue weighted by Gasteiger charge is -2.17. The van der Waals surface area contributed by atoms with Gasteiger partial charge in [0.25, 0.3) is 0 Å². The van der Waals surface area contributed by atoms with Gasteiger partial charge in [0.2, 0.25) is 0 Å². The zero-order valence-corrected chi connectivity index (χ0v) is 6.56. The summed E-state index contributed by atoms with van der Waals surface area (Å²) in [4.78, 5) is 0. The van der Waals surface area contributed by atoms with E-state index in [-0.39, 0.29) is 25.4 Å². The highest BCUT2D eigenvalue weighted by molar-refractivity contribution is 4.83. The lowest BCUT2D eigenvalue weighted by Crippen LogP contribution is -2.35. The molecule has 1 aliphatic rings. The lowest BCUT2D eigenvalue weighted by molar-refractivity contribution is -0.0485. The van der Waals surface area contributed by atoms with E-state index in [0.29, 0.717) is 6.61 Å². The van der Waals surface area contributed by atoms with Gasteiger partial charge in [0.15, 0.2) is 0 Å². The Hall–Kier alpha value is -0.160. The summed E-state index contributed by atoms with van der Waals surface area (Å²) < 4.78 is 10.2. The van der Waals surface area contributed by atoms with Crippen LogP contribution in [-0.2, 0) is 9.47 Å². The fraction of sp³-hybridized carbons (Fsp3) is 1.00. The van der Waals surface area contributed by atoms with E-state index in [2.05, 4.69) is 0 Å². The van der Waals surface area contributed by atoms with Gasteiger partial charge in [0.1, 0.15) is 18.3 Å². The van der Waals surface area contributed by atoms with Crippen molar-refractivity contribution in [3.63, 3.8) is 0 Å². The Morgan fingerprint density at radius 1 is 1.64 bits per heavy atom. The van der Waals surface area contributed by atoms with Crippen molar-refractivity contribution in [1.82, 2.24) is 0 Å². The molecule has 4 nitrogen and oxygen atoms in total. The third kappa shape index (κ3) is 1.90. The molecule has 0 spiro atoms. The Balaban J connectivity index is 2.42. The third-order valence-electron chi connectivity index (χ3n) is 1.77. The Bertz CT molecular complexity index is 117. The summed E-state index contributed by atoms with van der Waals surface area (Å²) in [7, 11) is 0. The Morgan fingerprint density at radius 2 is 2.36 bits per heavy atom. The van der Waals surface area contributed by atoms with Crippen molar-refractivity contribution in [1.29, 1.82) is 0 Å². The monoisotopic (exact) mass is 162 g/mol. The molecule has 2 N–H and O–H groups in total. The molecule has 0 saturated carbocycles. The Morgan fingerprint density at radius 3 is 2.91 bits per heavy atom. The second-order valence-electron chi connectivity index (χ2n) is 2.54. The number of rotatable bonds is 3. The molecule has 0 amide bonds. The Kier molecular flexibility index (Phi) is 3.26. The zero-order valence-electron chi connectivity index (χ0n) is 6.56. The molecule has 1 aliphatic heterocycles. The molecule has 3 atom stereocenters. The molecule has 0 bridgehead atoms. The molecule has 0 aliphatic carbocycles. The maximum atomic E-state index is 9.26. The molecule has 4 heteroatoms. The van der Waals surface area contributed by atoms with E-state index in [1.165, 1.54) is 0 Å². The fourth-order valence-electron chi connectivity index (χ4n) is 1.23. The summed E-state index contributed by atoms with van der Waals surface area (Å²) in [5.41, 5.74) is 0. The van der Waals surface area contributed by atoms with Crippen molar-refractivity contribution < 1.29 is 19.7 Å². The summed E-state index contributed by atoms with van der Waals surface area (Å²) in [5.74, 6) is 0. The van der Waals surface area contributed by atoms with Gasteiger partial charge in [-0.15, -0.1) is 0 Å². The molecular formula is C7H14O4. The number of aliphatic hydroxyl groups is 2. The number of aliphatic hydroxyl groups excluding tert-OH is 2. The van der Waals surface area contributed by atoms with E-state index in [9.17, 15) is 5.11 Å². The molecule has 1 rings (SSSR count). The van der Waals surface area contributed by atoms with Crippen molar-refractivity contribution in [2.24, 2.45) is 0 Å². The van der Waals surface area contributed by atoms with Crippen molar-refractivity contribution in [3.8, 4) is 0 Å². The average molecular weight is 162 g/mol. The molecule has 11 heavy (non-hydrogen) atoms. The third-order valence-corrected chi connectivity index (χ3v) is 1.77. The van der Waals surface area contributed by atoms with E-state index in [0.717, 1.165) is 0 Å². The van der Waals surface area contributed by atoms with E-state index < -0.39 is 6.10 Å². The molecule has 66 valence electrons. The minimum Gasteiger partial charge on any atom is -0.394 e. The standard InChI is InChI=1S/C7H14O4/c1-2-10-7-5(9)4-11-6(7)3-8/h5-9H,2-4H2,1H3. The minimum atomic E-state index is -0.591. The van der Waals surface area contributed by atoms with Crippen molar-refractivity contribution in [2.75, 3.05) is 19.8 Å². The smallest absolute Gasteiger partial charge is 0.114 e. The van der Waals surface area contributed by atoms with Crippen LogP contribution in [-0.4, -0.2) is 48.3 Å². The van der Waals surface area contributed by atoms with Crippen LogP contribution in [0, 0.1) is 0 Å². The molecule has 3 unspecified atom stereocenters. The van der Waals surface area contributed by atoms with Gasteiger partial charge in [-0.3, -0.25) is 0 Å². The van der Waals surface area contributed by atoms with Crippen molar-refractivity contribution in [3.05, 3.63) is 0 Å². The molecule has 0 aromatic heterocycles. The number of ether oxygens (including phenoxy) is 2. The van der Waals surface area contributed by atoms with Gasteiger partial charge in [0.05, 0.1) is 13.2 Å². The summed E-state index contributed by atoms with van der Waals surface area (Å²) in [6.07, 6.45) is -1.30. The summed E-state index contributed by atoms with van der Waals surface area (Å²) in [6.45, 7) is 2.54. The fourth-order valence-corrected chi connectivity index (χ4v) is 1.23. The summed E-state index contributed by atoms with van der Waals surface area (Å²) in [6, 6.07) is 0. The van der Waals surface area contributed by atoms with Crippen LogP contribution in [0.2, 0.25) is 0 Å². The van der Waals surface area contributed by atoms with Gasteiger partial charge in [-0.05, 0) is 6.92 Å². The molecule has 0 aromatic carbocycles. The maximum Gasteiger partial charge on any atom is 0.114 e.